The average Bonchev–Trinajstić information content (AvgIpc) is 3.05. The van der Waals surface area contributed by atoms with E-state index >= 15 is 0 Å². The van der Waals surface area contributed by atoms with Crippen LogP contribution in [0.4, 0.5) is 0 Å². The molecule has 18 heavy (non-hydrogen) atoms. The van der Waals surface area contributed by atoms with Crippen molar-refractivity contribution in [3.8, 4) is 0 Å². The molecule has 6 heteroatoms. The van der Waals surface area contributed by atoms with E-state index in [9.17, 15) is 9.59 Å². The summed E-state index contributed by atoms with van der Waals surface area (Å²) in [5.74, 6) is 0.646. The quantitative estimate of drug-likeness (QED) is 0.606. The molecule has 0 bridgehead atoms. The second-order valence-electron chi connectivity index (χ2n) is 4.74. The Morgan fingerprint density at radius 2 is 2.33 bits per heavy atom. The molecule has 0 saturated heterocycles. The Morgan fingerprint density at radius 3 is 2.89 bits per heavy atom. The van der Waals surface area contributed by atoms with E-state index in [2.05, 4.69) is 9.97 Å². The number of nitrogens with zero attached hydrogens (tertiary/aromatic N) is 1. The van der Waals surface area contributed by atoms with Crippen LogP contribution in [0.3, 0.4) is 0 Å². The third-order valence-electron chi connectivity index (χ3n) is 3.11. The zero-order valence-corrected chi connectivity index (χ0v) is 11.0. The van der Waals surface area contributed by atoms with Crippen molar-refractivity contribution in [3.05, 3.63) is 22.2 Å². The number of hydrogen-bond acceptors (Lipinski definition) is 4. The number of aryl methyl sites for hydroxylation is 1. The SMILES string of the molecule is CCc1nc(SCC2(CC(=O)O)CC2)cc(=O)[nH]1. The summed E-state index contributed by atoms with van der Waals surface area (Å²) in [6, 6.07) is 1.47. The van der Waals surface area contributed by atoms with E-state index in [1.54, 1.807) is 0 Å². The molecule has 5 nitrogen and oxygen atoms in total. The minimum Gasteiger partial charge on any atom is -0.481 e. The molecule has 0 aromatic carbocycles. The lowest BCUT2D eigenvalue weighted by Gasteiger charge is -2.11. The average molecular weight is 268 g/mol. The first kappa shape index (κ1) is 13.1. The molecule has 98 valence electrons. The van der Waals surface area contributed by atoms with Crippen LogP contribution in [0, 0.1) is 5.41 Å². The van der Waals surface area contributed by atoms with Crippen molar-refractivity contribution < 1.29 is 9.90 Å². The predicted molar refractivity (Wildman–Crippen MR) is 68.9 cm³/mol. The van der Waals surface area contributed by atoms with E-state index in [0.29, 0.717) is 17.3 Å². The van der Waals surface area contributed by atoms with Crippen LogP contribution in [-0.2, 0) is 11.2 Å². The highest BCUT2D eigenvalue weighted by Crippen LogP contribution is 2.51. The maximum Gasteiger partial charge on any atom is 0.303 e. The van der Waals surface area contributed by atoms with E-state index in [1.165, 1.54) is 17.8 Å². The molecular weight excluding hydrogens is 252 g/mol. The molecule has 2 rings (SSSR count). The number of thioether (sulfide) groups is 1. The molecule has 1 aliphatic carbocycles. The minimum absolute atomic E-state index is 0.0762. The summed E-state index contributed by atoms with van der Waals surface area (Å²) in [6.07, 6.45) is 2.81. The largest absolute Gasteiger partial charge is 0.481 e. The molecule has 0 aliphatic heterocycles. The number of aliphatic carboxylic acids is 1. The third kappa shape index (κ3) is 3.35. The van der Waals surface area contributed by atoms with Crippen LogP contribution >= 0.6 is 11.8 Å². The van der Waals surface area contributed by atoms with Crippen LogP contribution in [-0.4, -0.2) is 26.8 Å². The Hall–Kier alpha value is -1.30. The molecule has 1 aliphatic rings. The summed E-state index contributed by atoms with van der Waals surface area (Å²) in [5.41, 5.74) is -0.222. The second-order valence-corrected chi connectivity index (χ2v) is 5.74. The number of carboxylic acid groups (broad SMARTS) is 1. The lowest BCUT2D eigenvalue weighted by molar-refractivity contribution is -0.138. The van der Waals surface area contributed by atoms with Gasteiger partial charge in [0.15, 0.2) is 0 Å². The Bertz CT molecular complexity index is 508. The van der Waals surface area contributed by atoms with Crippen molar-refractivity contribution >= 4 is 17.7 Å². The van der Waals surface area contributed by atoms with Crippen LogP contribution in [0.5, 0.6) is 0 Å². The van der Waals surface area contributed by atoms with Gasteiger partial charge in [-0.05, 0) is 18.3 Å². The first-order valence-corrected chi connectivity index (χ1v) is 6.96. The lowest BCUT2D eigenvalue weighted by Crippen LogP contribution is -2.13. The highest BCUT2D eigenvalue weighted by molar-refractivity contribution is 7.99. The maximum absolute atomic E-state index is 11.4. The molecule has 2 N–H and O–H groups in total. The van der Waals surface area contributed by atoms with Gasteiger partial charge >= 0.3 is 5.97 Å². The number of H-pyrrole nitrogens is 1. The molecular formula is C12H16N2O3S. The Kier molecular flexibility index (Phi) is 3.75. The molecule has 0 atom stereocenters. The van der Waals surface area contributed by atoms with E-state index in [0.717, 1.165) is 18.6 Å². The first-order chi connectivity index (χ1) is 8.53. The van der Waals surface area contributed by atoms with Crippen molar-refractivity contribution in [2.75, 3.05) is 5.75 Å². The van der Waals surface area contributed by atoms with Crippen molar-refractivity contribution in [2.24, 2.45) is 5.41 Å². The monoisotopic (exact) mass is 268 g/mol. The molecule has 0 amide bonds. The van der Waals surface area contributed by atoms with Crippen molar-refractivity contribution in [1.29, 1.82) is 0 Å². The first-order valence-electron chi connectivity index (χ1n) is 5.98. The molecule has 1 saturated carbocycles. The summed E-state index contributed by atoms with van der Waals surface area (Å²) in [5, 5.41) is 9.52. The van der Waals surface area contributed by atoms with Gasteiger partial charge in [0.05, 0.1) is 6.42 Å². The summed E-state index contributed by atoms with van der Waals surface area (Å²) in [6.45, 7) is 1.93. The van der Waals surface area contributed by atoms with Crippen LogP contribution in [0.25, 0.3) is 0 Å². The van der Waals surface area contributed by atoms with Gasteiger partial charge in [0.25, 0.3) is 5.56 Å². The molecule has 1 heterocycles. The molecule has 1 aromatic rings. The number of carbonyl (C=O) groups is 1. The third-order valence-corrected chi connectivity index (χ3v) is 4.37. The number of rotatable bonds is 6. The van der Waals surface area contributed by atoms with Crippen molar-refractivity contribution in [1.82, 2.24) is 9.97 Å². The second kappa shape index (κ2) is 5.14. The fourth-order valence-electron chi connectivity index (χ4n) is 1.82. The van der Waals surface area contributed by atoms with Gasteiger partial charge in [-0.2, -0.15) is 0 Å². The zero-order chi connectivity index (χ0) is 13.2. The van der Waals surface area contributed by atoms with Gasteiger partial charge in [-0.1, -0.05) is 6.92 Å². The Morgan fingerprint density at radius 1 is 1.61 bits per heavy atom. The standard InChI is InChI=1S/C12H16N2O3S/c1-2-8-13-9(15)5-10(14-8)18-7-12(3-4-12)6-11(16)17/h5H,2-4,6-7H2,1H3,(H,16,17)(H,13,14,15). The zero-order valence-electron chi connectivity index (χ0n) is 10.2. The van der Waals surface area contributed by atoms with E-state index in [-0.39, 0.29) is 17.4 Å². The van der Waals surface area contributed by atoms with Gasteiger partial charge in [-0.25, -0.2) is 4.98 Å². The molecule has 1 fully saturated rings. The highest BCUT2D eigenvalue weighted by Gasteiger charge is 2.44. The van der Waals surface area contributed by atoms with Crippen LogP contribution in [0.1, 0.15) is 32.0 Å². The molecule has 0 radical (unpaired) electrons. The Balaban J connectivity index is 2.00. The van der Waals surface area contributed by atoms with Gasteiger partial charge in [-0.3, -0.25) is 9.59 Å². The number of carboxylic acids is 1. The molecule has 1 aromatic heterocycles. The predicted octanol–water partition coefficient (Wildman–Crippen LogP) is 1.68. The van der Waals surface area contributed by atoms with Gasteiger partial charge in [0, 0.05) is 18.2 Å². The van der Waals surface area contributed by atoms with Crippen molar-refractivity contribution in [2.45, 2.75) is 37.6 Å². The van der Waals surface area contributed by atoms with Gasteiger partial charge in [0.1, 0.15) is 10.9 Å². The summed E-state index contributed by atoms with van der Waals surface area (Å²) in [4.78, 5) is 29.1. The fraction of sp³-hybridized carbons (Fsp3) is 0.583. The van der Waals surface area contributed by atoms with E-state index in [4.69, 9.17) is 5.11 Å². The van der Waals surface area contributed by atoms with Gasteiger partial charge in [-0.15, -0.1) is 11.8 Å². The topological polar surface area (TPSA) is 83.0 Å². The van der Waals surface area contributed by atoms with Gasteiger partial charge < -0.3 is 10.1 Å². The highest BCUT2D eigenvalue weighted by atomic mass is 32.2. The molecule has 0 spiro atoms. The summed E-state index contributed by atoms with van der Waals surface area (Å²) < 4.78 is 0. The normalized spacial score (nSPS) is 16.5. The number of aromatic amines is 1. The maximum atomic E-state index is 11.4. The van der Waals surface area contributed by atoms with Crippen molar-refractivity contribution in [3.63, 3.8) is 0 Å². The van der Waals surface area contributed by atoms with E-state index < -0.39 is 5.97 Å². The number of aromatic nitrogens is 2. The van der Waals surface area contributed by atoms with Gasteiger partial charge in [0.2, 0.25) is 0 Å². The fourth-order valence-corrected chi connectivity index (χ4v) is 3.03. The van der Waals surface area contributed by atoms with E-state index in [1.807, 2.05) is 6.92 Å². The van der Waals surface area contributed by atoms with Crippen LogP contribution < -0.4 is 5.56 Å². The van der Waals surface area contributed by atoms with Crippen LogP contribution in [0.2, 0.25) is 0 Å². The molecule has 0 unspecified atom stereocenters. The van der Waals surface area contributed by atoms with Crippen LogP contribution in [0.15, 0.2) is 15.9 Å². The Labute approximate surface area is 109 Å². The summed E-state index contributed by atoms with van der Waals surface area (Å²) >= 11 is 1.48. The minimum atomic E-state index is -0.749. The summed E-state index contributed by atoms with van der Waals surface area (Å²) in [7, 11) is 0. The number of nitrogens with one attached hydrogen (secondary N) is 1. The smallest absolute Gasteiger partial charge is 0.303 e. The lowest BCUT2D eigenvalue weighted by atomic mass is 10.1. The number of hydrogen-bond donors (Lipinski definition) is 2.